The monoisotopic (exact) mass is 224 g/mol. The Hall–Kier alpha value is -2.36. The van der Waals surface area contributed by atoms with Crippen LogP contribution in [-0.2, 0) is 0 Å². The molecule has 0 saturated carbocycles. The first-order valence-electron chi connectivity index (χ1n) is 5.42. The van der Waals surface area contributed by atoms with Gasteiger partial charge in [0.05, 0.1) is 0 Å². The summed E-state index contributed by atoms with van der Waals surface area (Å²) in [5, 5.41) is 8.37. The van der Waals surface area contributed by atoms with Gasteiger partial charge in [-0.2, -0.15) is 0 Å². The molecule has 0 aliphatic rings. The number of hydrogen-bond donors (Lipinski definition) is 1. The van der Waals surface area contributed by atoms with Crippen molar-refractivity contribution < 1.29 is 0 Å². The molecule has 0 amide bonds. The molecule has 0 aliphatic heterocycles. The summed E-state index contributed by atoms with van der Waals surface area (Å²) < 4.78 is 1.97. The summed E-state index contributed by atoms with van der Waals surface area (Å²) in [6.07, 6.45) is 1.96. The van der Waals surface area contributed by atoms with Crippen LogP contribution in [0.4, 0.5) is 5.69 Å². The average molecular weight is 224 g/mol. The zero-order chi connectivity index (χ0) is 11.8. The smallest absolute Gasteiger partial charge is 0.168 e. The molecule has 0 atom stereocenters. The van der Waals surface area contributed by atoms with E-state index in [4.69, 9.17) is 5.73 Å². The third-order valence-electron chi connectivity index (χ3n) is 2.81. The highest BCUT2D eigenvalue weighted by Gasteiger charge is 2.09. The number of hydrogen-bond acceptors (Lipinski definition) is 3. The Morgan fingerprint density at radius 2 is 2.00 bits per heavy atom. The second kappa shape index (κ2) is 3.59. The Morgan fingerprint density at radius 3 is 2.82 bits per heavy atom. The number of nitrogens with two attached hydrogens (primary N) is 1. The van der Waals surface area contributed by atoms with Gasteiger partial charge in [-0.25, -0.2) is 0 Å². The molecule has 0 aliphatic carbocycles. The van der Waals surface area contributed by atoms with Gasteiger partial charge in [-0.1, -0.05) is 6.07 Å². The van der Waals surface area contributed by atoms with Gasteiger partial charge in [0.2, 0.25) is 0 Å². The van der Waals surface area contributed by atoms with E-state index in [1.54, 1.807) is 0 Å². The summed E-state index contributed by atoms with van der Waals surface area (Å²) in [5.41, 5.74) is 9.51. The van der Waals surface area contributed by atoms with Crippen LogP contribution in [-0.4, -0.2) is 14.6 Å². The van der Waals surface area contributed by atoms with Gasteiger partial charge in [0.25, 0.3) is 0 Å². The van der Waals surface area contributed by atoms with Crippen molar-refractivity contribution in [1.82, 2.24) is 14.6 Å². The lowest BCUT2D eigenvalue weighted by Gasteiger charge is -2.04. The number of rotatable bonds is 1. The van der Waals surface area contributed by atoms with Crippen LogP contribution in [0.2, 0.25) is 0 Å². The topological polar surface area (TPSA) is 56.2 Å². The van der Waals surface area contributed by atoms with E-state index >= 15 is 0 Å². The predicted molar refractivity (Wildman–Crippen MR) is 67.6 cm³/mol. The van der Waals surface area contributed by atoms with Crippen molar-refractivity contribution >= 4 is 11.3 Å². The van der Waals surface area contributed by atoms with Crippen molar-refractivity contribution in [1.29, 1.82) is 0 Å². The Labute approximate surface area is 98.7 Å². The van der Waals surface area contributed by atoms with Crippen molar-refractivity contribution in [3.63, 3.8) is 0 Å². The number of nitrogen functional groups attached to an aromatic ring is 1. The minimum absolute atomic E-state index is 0.764. The molecule has 2 N–H and O–H groups in total. The molecule has 0 fully saturated rings. The highest BCUT2D eigenvalue weighted by molar-refractivity contribution is 5.66. The highest BCUT2D eigenvalue weighted by atomic mass is 15.2. The second-order valence-electron chi connectivity index (χ2n) is 4.03. The summed E-state index contributed by atoms with van der Waals surface area (Å²) in [6, 6.07) is 11.7. The molecule has 4 nitrogen and oxygen atoms in total. The minimum atomic E-state index is 0.764. The van der Waals surface area contributed by atoms with E-state index < -0.39 is 0 Å². The van der Waals surface area contributed by atoms with Gasteiger partial charge in [0.1, 0.15) is 0 Å². The number of fused-ring (bicyclic) bond motifs is 1. The van der Waals surface area contributed by atoms with Crippen LogP contribution in [0.3, 0.4) is 0 Å². The molecule has 0 radical (unpaired) electrons. The van der Waals surface area contributed by atoms with Gasteiger partial charge in [-0.15, -0.1) is 10.2 Å². The maximum Gasteiger partial charge on any atom is 0.168 e. The summed E-state index contributed by atoms with van der Waals surface area (Å²) in [6.45, 7) is 2.02. The number of nitrogens with zero attached hydrogens (tertiary/aromatic N) is 3. The largest absolute Gasteiger partial charge is 0.399 e. The Kier molecular flexibility index (Phi) is 2.08. The van der Waals surface area contributed by atoms with Crippen LogP contribution in [0.1, 0.15) is 5.56 Å². The van der Waals surface area contributed by atoms with Crippen LogP contribution in [0.25, 0.3) is 17.0 Å². The lowest BCUT2D eigenvalue weighted by molar-refractivity contribution is 1.11. The fourth-order valence-corrected chi connectivity index (χ4v) is 1.96. The summed E-state index contributed by atoms with van der Waals surface area (Å²) >= 11 is 0. The standard InChI is InChI=1S/C13H12N4/c1-9-8-10(14)5-6-11(9)13-16-15-12-4-2-3-7-17(12)13/h2-8H,14H2,1H3. The van der Waals surface area contributed by atoms with Crippen molar-refractivity contribution in [2.75, 3.05) is 5.73 Å². The maximum absolute atomic E-state index is 5.75. The van der Waals surface area contributed by atoms with Gasteiger partial charge in [0.15, 0.2) is 11.5 Å². The quantitative estimate of drug-likeness (QED) is 0.645. The normalized spacial score (nSPS) is 10.9. The lowest BCUT2D eigenvalue weighted by Crippen LogP contribution is -1.93. The van der Waals surface area contributed by atoms with Crippen LogP contribution < -0.4 is 5.73 Å². The molecule has 0 bridgehead atoms. The van der Waals surface area contributed by atoms with E-state index in [1.165, 1.54) is 0 Å². The summed E-state index contributed by atoms with van der Waals surface area (Å²) in [7, 11) is 0. The van der Waals surface area contributed by atoms with E-state index in [1.807, 2.05) is 53.9 Å². The van der Waals surface area contributed by atoms with Gasteiger partial charge >= 0.3 is 0 Å². The van der Waals surface area contributed by atoms with Crippen molar-refractivity contribution in [3.8, 4) is 11.4 Å². The molecular formula is C13H12N4. The van der Waals surface area contributed by atoms with Gasteiger partial charge in [-0.3, -0.25) is 4.40 Å². The van der Waals surface area contributed by atoms with E-state index in [0.717, 1.165) is 28.3 Å². The van der Waals surface area contributed by atoms with Crippen molar-refractivity contribution in [2.45, 2.75) is 6.92 Å². The number of aryl methyl sites for hydroxylation is 1. The molecule has 0 spiro atoms. The fourth-order valence-electron chi connectivity index (χ4n) is 1.96. The molecule has 0 unspecified atom stereocenters. The molecule has 2 heterocycles. The SMILES string of the molecule is Cc1cc(N)ccc1-c1nnc2ccccn12. The number of anilines is 1. The van der Waals surface area contributed by atoms with E-state index in [-0.39, 0.29) is 0 Å². The maximum atomic E-state index is 5.75. The molecule has 84 valence electrons. The third-order valence-corrected chi connectivity index (χ3v) is 2.81. The van der Waals surface area contributed by atoms with Crippen LogP contribution in [0, 0.1) is 6.92 Å². The summed E-state index contributed by atoms with van der Waals surface area (Å²) in [5.74, 6) is 0.845. The third kappa shape index (κ3) is 1.54. The predicted octanol–water partition coefficient (Wildman–Crippen LogP) is 2.29. The van der Waals surface area contributed by atoms with Crippen molar-refractivity contribution in [3.05, 3.63) is 48.2 Å². The second-order valence-corrected chi connectivity index (χ2v) is 4.03. The van der Waals surface area contributed by atoms with Crippen LogP contribution in [0.15, 0.2) is 42.6 Å². The van der Waals surface area contributed by atoms with Crippen LogP contribution >= 0.6 is 0 Å². The molecule has 2 aromatic heterocycles. The van der Waals surface area contributed by atoms with E-state index in [9.17, 15) is 0 Å². The first-order chi connectivity index (χ1) is 8.25. The highest BCUT2D eigenvalue weighted by Crippen LogP contribution is 2.23. The molecule has 3 rings (SSSR count). The zero-order valence-corrected chi connectivity index (χ0v) is 9.46. The van der Waals surface area contributed by atoms with Gasteiger partial charge in [-0.05, 0) is 42.8 Å². The van der Waals surface area contributed by atoms with Crippen LogP contribution in [0.5, 0.6) is 0 Å². The minimum Gasteiger partial charge on any atom is -0.399 e. The fraction of sp³-hybridized carbons (Fsp3) is 0.0769. The first kappa shape index (κ1) is 9.84. The van der Waals surface area contributed by atoms with Crippen molar-refractivity contribution in [2.24, 2.45) is 0 Å². The molecule has 4 heteroatoms. The Balaban J connectivity index is 2.27. The van der Waals surface area contributed by atoms with Gasteiger partial charge < -0.3 is 5.73 Å². The molecule has 17 heavy (non-hydrogen) atoms. The Bertz CT molecular complexity index is 685. The first-order valence-corrected chi connectivity index (χ1v) is 5.42. The molecular weight excluding hydrogens is 212 g/mol. The number of benzene rings is 1. The Morgan fingerprint density at radius 1 is 1.12 bits per heavy atom. The van der Waals surface area contributed by atoms with E-state index in [2.05, 4.69) is 10.2 Å². The molecule has 0 saturated heterocycles. The zero-order valence-electron chi connectivity index (χ0n) is 9.46. The summed E-state index contributed by atoms with van der Waals surface area (Å²) in [4.78, 5) is 0. The number of pyridine rings is 1. The average Bonchev–Trinajstić information content (AvgIpc) is 2.73. The lowest BCUT2D eigenvalue weighted by atomic mass is 10.1. The molecule has 1 aromatic carbocycles. The van der Waals surface area contributed by atoms with E-state index in [0.29, 0.717) is 0 Å². The van der Waals surface area contributed by atoms with Gasteiger partial charge in [0, 0.05) is 17.4 Å². The number of aromatic nitrogens is 3. The molecule has 3 aromatic rings.